The van der Waals surface area contributed by atoms with E-state index in [4.69, 9.17) is 0 Å². The van der Waals surface area contributed by atoms with Gasteiger partial charge in [0.2, 0.25) is 11.8 Å². The number of rotatable bonds is 5. The zero-order chi connectivity index (χ0) is 20.2. The van der Waals surface area contributed by atoms with Crippen molar-refractivity contribution in [2.45, 2.75) is 31.5 Å². The molecule has 6 nitrogen and oxygen atoms in total. The first-order valence-corrected chi connectivity index (χ1v) is 8.22. The SMILES string of the molecule is C=CC(=O)Nc1ccc(CC(=O)N2CCC(C)(NC(=O)C(F)(F)F)C2)cc1. The summed E-state index contributed by atoms with van der Waals surface area (Å²) in [5.41, 5.74) is 0.144. The molecule has 1 atom stereocenters. The molecule has 2 N–H and O–H groups in total. The number of nitrogens with zero attached hydrogens (tertiary/aromatic N) is 1. The van der Waals surface area contributed by atoms with Crippen molar-refractivity contribution in [2.75, 3.05) is 18.4 Å². The van der Waals surface area contributed by atoms with Gasteiger partial charge in [-0.25, -0.2) is 0 Å². The molecule has 0 radical (unpaired) electrons. The van der Waals surface area contributed by atoms with Gasteiger partial charge < -0.3 is 15.5 Å². The summed E-state index contributed by atoms with van der Waals surface area (Å²) in [5.74, 6) is -2.60. The molecule has 0 saturated carbocycles. The summed E-state index contributed by atoms with van der Waals surface area (Å²) in [5, 5.41) is 4.55. The van der Waals surface area contributed by atoms with Gasteiger partial charge in [-0.15, -0.1) is 0 Å². The molecule has 1 aliphatic heterocycles. The molecule has 1 saturated heterocycles. The molecule has 1 aromatic rings. The molecule has 2 rings (SSSR count). The lowest BCUT2D eigenvalue weighted by Gasteiger charge is -2.26. The van der Waals surface area contributed by atoms with Gasteiger partial charge in [-0.05, 0) is 37.1 Å². The molecule has 146 valence electrons. The van der Waals surface area contributed by atoms with Crippen LogP contribution in [0.5, 0.6) is 0 Å². The fourth-order valence-corrected chi connectivity index (χ4v) is 2.81. The molecule has 3 amide bonds. The molecular weight excluding hydrogens is 363 g/mol. The first kappa shape index (κ1) is 20.5. The normalized spacial score (nSPS) is 19.5. The fraction of sp³-hybridized carbons (Fsp3) is 0.389. The van der Waals surface area contributed by atoms with Crippen LogP contribution in [0.25, 0.3) is 0 Å². The third kappa shape index (κ3) is 5.57. The lowest BCUT2D eigenvalue weighted by molar-refractivity contribution is -0.175. The highest BCUT2D eigenvalue weighted by Gasteiger charge is 2.45. The van der Waals surface area contributed by atoms with Gasteiger partial charge in [0.05, 0.1) is 12.0 Å². The van der Waals surface area contributed by atoms with Crippen LogP contribution >= 0.6 is 0 Å². The average molecular weight is 383 g/mol. The van der Waals surface area contributed by atoms with Crippen molar-refractivity contribution < 1.29 is 27.6 Å². The van der Waals surface area contributed by atoms with Gasteiger partial charge in [-0.1, -0.05) is 18.7 Å². The fourth-order valence-electron chi connectivity index (χ4n) is 2.81. The van der Waals surface area contributed by atoms with E-state index in [9.17, 15) is 27.6 Å². The molecule has 0 bridgehead atoms. The van der Waals surface area contributed by atoms with Crippen molar-refractivity contribution in [2.24, 2.45) is 0 Å². The van der Waals surface area contributed by atoms with E-state index in [0.717, 1.165) is 6.08 Å². The van der Waals surface area contributed by atoms with Crippen LogP contribution in [0.1, 0.15) is 18.9 Å². The topological polar surface area (TPSA) is 78.5 Å². The van der Waals surface area contributed by atoms with Gasteiger partial charge in [0.15, 0.2) is 0 Å². The Kier molecular flexibility index (Phi) is 5.92. The van der Waals surface area contributed by atoms with Crippen LogP contribution in [0, 0.1) is 0 Å². The molecule has 0 aliphatic carbocycles. The molecular formula is C18H20F3N3O3. The zero-order valence-corrected chi connectivity index (χ0v) is 14.7. The Morgan fingerprint density at radius 3 is 2.44 bits per heavy atom. The van der Waals surface area contributed by atoms with Crippen LogP contribution in [0.3, 0.4) is 0 Å². The van der Waals surface area contributed by atoms with Gasteiger partial charge >= 0.3 is 12.1 Å². The molecule has 1 heterocycles. The molecule has 27 heavy (non-hydrogen) atoms. The summed E-state index contributed by atoms with van der Waals surface area (Å²) >= 11 is 0. The maximum absolute atomic E-state index is 12.4. The van der Waals surface area contributed by atoms with Crippen molar-refractivity contribution in [3.05, 3.63) is 42.5 Å². The summed E-state index contributed by atoms with van der Waals surface area (Å²) in [7, 11) is 0. The number of likely N-dealkylation sites (tertiary alicyclic amines) is 1. The van der Waals surface area contributed by atoms with Crippen molar-refractivity contribution >= 4 is 23.4 Å². The average Bonchev–Trinajstić information content (AvgIpc) is 2.97. The largest absolute Gasteiger partial charge is 0.471 e. The van der Waals surface area contributed by atoms with E-state index in [-0.39, 0.29) is 37.7 Å². The summed E-state index contributed by atoms with van der Waals surface area (Å²) in [4.78, 5) is 36.2. The Balaban J connectivity index is 1.92. The molecule has 1 unspecified atom stereocenters. The number of hydrogen-bond donors (Lipinski definition) is 2. The summed E-state index contributed by atoms with van der Waals surface area (Å²) < 4.78 is 37.3. The summed E-state index contributed by atoms with van der Waals surface area (Å²) in [6.07, 6.45) is -3.51. The quantitative estimate of drug-likeness (QED) is 0.764. The predicted octanol–water partition coefficient (Wildman–Crippen LogP) is 2.02. The minimum Gasteiger partial charge on any atom is -0.341 e. The van der Waals surface area contributed by atoms with E-state index < -0.39 is 17.6 Å². The van der Waals surface area contributed by atoms with Gasteiger partial charge in [0, 0.05) is 18.8 Å². The number of carbonyl (C=O) groups excluding carboxylic acids is 3. The number of carbonyl (C=O) groups is 3. The number of halogens is 3. The lowest BCUT2D eigenvalue weighted by Crippen LogP contribution is -2.52. The first-order chi connectivity index (χ1) is 12.5. The molecule has 9 heteroatoms. The number of alkyl halides is 3. The van der Waals surface area contributed by atoms with Gasteiger partial charge in [0.25, 0.3) is 0 Å². The van der Waals surface area contributed by atoms with Gasteiger partial charge in [0.1, 0.15) is 0 Å². The Morgan fingerprint density at radius 2 is 1.89 bits per heavy atom. The van der Waals surface area contributed by atoms with Gasteiger partial charge in [-0.2, -0.15) is 13.2 Å². The molecule has 1 aromatic carbocycles. The monoisotopic (exact) mass is 383 g/mol. The van der Waals surface area contributed by atoms with Crippen molar-refractivity contribution in [1.82, 2.24) is 10.2 Å². The Labute approximate surface area is 154 Å². The van der Waals surface area contributed by atoms with E-state index in [1.54, 1.807) is 24.3 Å². The third-order valence-electron chi connectivity index (χ3n) is 4.26. The van der Waals surface area contributed by atoms with E-state index >= 15 is 0 Å². The minimum atomic E-state index is -4.96. The maximum atomic E-state index is 12.4. The van der Waals surface area contributed by atoms with Gasteiger partial charge in [-0.3, -0.25) is 14.4 Å². The van der Waals surface area contributed by atoms with Crippen molar-refractivity contribution in [3.8, 4) is 0 Å². The number of hydrogen-bond acceptors (Lipinski definition) is 3. The Morgan fingerprint density at radius 1 is 1.26 bits per heavy atom. The van der Waals surface area contributed by atoms with E-state index in [1.807, 2.05) is 5.32 Å². The minimum absolute atomic E-state index is 0.0150. The van der Waals surface area contributed by atoms with Crippen LogP contribution in [0.4, 0.5) is 18.9 Å². The Hall–Kier alpha value is -2.84. The smallest absolute Gasteiger partial charge is 0.341 e. The summed E-state index contributed by atoms with van der Waals surface area (Å²) in [6, 6.07) is 6.64. The first-order valence-electron chi connectivity index (χ1n) is 8.22. The molecule has 0 aromatic heterocycles. The second-order valence-electron chi connectivity index (χ2n) is 6.64. The standard InChI is InChI=1S/C18H20F3N3O3/c1-3-14(25)22-13-6-4-12(5-7-13)10-15(26)24-9-8-17(2,11-24)23-16(27)18(19,20)21/h3-7H,1,8-11H2,2H3,(H,22,25)(H,23,27). The highest BCUT2D eigenvalue weighted by Crippen LogP contribution is 2.24. The Bertz CT molecular complexity index is 746. The maximum Gasteiger partial charge on any atom is 0.471 e. The summed E-state index contributed by atoms with van der Waals surface area (Å²) in [6.45, 7) is 5.12. The van der Waals surface area contributed by atoms with E-state index in [2.05, 4.69) is 11.9 Å². The lowest BCUT2D eigenvalue weighted by atomic mass is 10.0. The van der Waals surface area contributed by atoms with Crippen LogP contribution in [0.2, 0.25) is 0 Å². The number of amides is 3. The molecule has 1 fully saturated rings. The molecule has 0 spiro atoms. The third-order valence-corrected chi connectivity index (χ3v) is 4.26. The van der Waals surface area contributed by atoms with Crippen LogP contribution < -0.4 is 10.6 Å². The van der Waals surface area contributed by atoms with E-state index in [1.165, 1.54) is 11.8 Å². The van der Waals surface area contributed by atoms with Crippen LogP contribution in [-0.4, -0.2) is 47.4 Å². The van der Waals surface area contributed by atoms with Crippen molar-refractivity contribution in [1.29, 1.82) is 0 Å². The predicted molar refractivity (Wildman–Crippen MR) is 92.8 cm³/mol. The van der Waals surface area contributed by atoms with Crippen LogP contribution in [0.15, 0.2) is 36.9 Å². The molecule has 1 aliphatic rings. The van der Waals surface area contributed by atoms with E-state index in [0.29, 0.717) is 11.3 Å². The highest BCUT2D eigenvalue weighted by molar-refractivity contribution is 5.98. The zero-order valence-electron chi connectivity index (χ0n) is 14.7. The van der Waals surface area contributed by atoms with Crippen molar-refractivity contribution in [3.63, 3.8) is 0 Å². The second-order valence-corrected chi connectivity index (χ2v) is 6.64. The number of benzene rings is 1. The second kappa shape index (κ2) is 7.81. The number of anilines is 1. The van der Waals surface area contributed by atoms with Crippen LogP contribution in [-0.2, 0) is 20.8 Å². The highest BCUT2D eigenvalue weighted by atomic mass is 19.4. The number of nitrogens with one attached hydrogen (secondary N) is 2.